The Hall–Kier alpha value is -0.530. The Bertz CT molecular complexity index is 313. The Morgan fingerprint density at radius 2 is 1.88 bits per heavy atom. The molecule has 1 unspecified atom stereocenters. The summed E-state index contributed by atoms with van der Waals surface area (Å²) in [6, 6.07) is 5.96. The zero-order valence-electron chi connectivity index (χ0n) is 10.3. The van der Waals surface area contributed by atoms with E-state index in [1.807, 2.05) is 19.1 Å². The lowest BCUT2D eigenvalue weighted by Gasteiger charge is -2.12. The van der Waals surface area contributed by atoms with Crippen molar-refractivity contribution in [2.24, 2.45) is 5.92 Å². The van der Waals surface area contributed by atoms with E-state index in [1.165, 1.54) is 0 Å². The van der Waals surface area contributed by atoms with Gasteiger partial charge in [0.1, 0.15) is 0 Å². The number of hydrogen-bond donors (Lipinski definition) is 1. The molecule has 0 aromatic heterocycles. The van der Waals surface area contributed by atoms with Gasteiger partial charge >= 0.3 is 0 Å². The first kappa shape index (κ1) is 13.5. The SMILES string of the molecule is Cc1cc(Cl)cc(CC(O)CCC(C)C)c1. The minimum Gasteiger partial charge on any atom is -0.393 e. The van der Waals surface area contributed by atoms with Gasteiger partial charge in [0.25, 0.3) is 0 Å². The van der Waals surface area contributed by atoms with Crippen LogP contribution in [0, 0.1) is 12.8 Å². The Morgan fingerprint density at radius 3 is 2.44 bits per heavy atom. The number of halogens is 1. The molecule has 1 atom stereocenters. The first-order valence-corrected chi connectivity index (χ1v) is 6.29. The molecule has 0 radical (unpaired) electrons. The van der Waals surface area contributed by atoms with E-state index in [1.54, 1.807) is 0 Å². The number of hydrogen-bond acceptors (Lipinski definition) is 1. The van der Waals surface area contributed by atoms with Crippen LogP contribution in [0.3, 0.4) is 0 Å². The van der Waals surface area contributed by atoms with Crippen LogP contribution in [0.1, 0.15) is 37.8 Å². The first-order chi connectivity index (χ1) is 7.47. The maximum Gasteiger partial charge on any atom is 0.0580 e. The highest BCUT2D eigenvalue weighted by Gasteiger charge is 2.07. The number of aliphatic hydroxyl groups is 1. The summed E-state index contributed by atoms with van der Waals surface area (Å²) >= 11 is 5.98. The Balaban J connectivity index is 2.52. The van der Waals surface area contributed by atoms with E-state index in [2.05, 4.69) is 19.9 Å². The fourth-order valence-corrected chi connectivity index (χ4v) is 2.14. The third kappa shape index (κ3) is 5.00. The largest absolute Gasteiger partial charge is 0.393 e. The Labute approximate surface area is 103 Å². The van der Waals surface area contributed by atoms with Gasteiger partial charge < -0.3 is 5.11 Å². The van der Waals surface area contributed by atoms with Gasteiger partial charge in [0.2, 0.25) is 0 Å². The van der Waals surface area contributed by atoms with Crippen molar-refractivity contribution in [2.75, 3.05) is 0 Å². The van der Waals surface area contributed by atoms with Crippen molar-refractivity contribution in [3.63, 3.8) is 0 Å². The summed E-state index contributed by atoms with van der Waals surface area (Å²) in [4.78, 5) is 0. The number of benzene rings is 1. The molecule has 0 saturated heterocycles. The van der Waals surface area contributed by atoms with Gasteiger partial charge in [0.05, 0.1) is 6.10 Å². The second-order valence-electron chi connectivity index (χ2n) is 4.97. The van der Waals surface area contributed by atoms with Gasteiger partial charge in [0.15, 0.2) is 0 Å². The minimum absolute atomic E-state index is 0.250. The summed E-state index contributed by atoms with van der Waals surface area (Å²) in [7, 11) is 0. The molecule has 90 valence electrons. The summed E-state index contributed by atoms with van der Waals surface area (Å²) in [5, 5.41) is 10.6. The molecule has 0 amide bonds. The topological polar surface area (TPSA) is 20.2 Å². The van der Waals surface area contributed by atoms with E-state index in [9.17, 15) is 5.11 Å². The van der Waals surface area contributed by atoms with Crippen molar-refractivity contribution >= 4 is 11.6 Å². The van der Waals surface area contributed by atoms with Crippen LogP contribution in [0.2, 0.25) is 5.02 Å². The van der Waals surface area contributed by atoms with Crippen LogP contribution in [0.5, 0.6) is 0 Å². The van der Waals surface area contributed by atoms with Gasteiger partial charge in [-0.2, -0.15) is 0 Å². The fourth-order valence-electron chi connectivity index (χ4n) is 1.83. The molecule has 16 heavy (non-hydrogen) atoms. The molecule has 1 nitrogen and oxygen atoms in total. The fraction of sp³-hybridized carbons (Fsp3) is 0.571. The molecule has 0 spiro atoms. The summed E-state index contributed by atoms with van der Waals surface area (Å²) in [6.07, 6.45) is 2.39. The zero-order valence-corrected chi connectivity index (χ0v) is 11.1. The van der Waals surface area contributed by atoms with E-state index >= 15 is 0 Å². The standard InChI is InChI=1S/C14H21ClO/c1-10(2)4-5-14(16)9-12-6-11(3)7-13(15)8-12/h6-8,10,14,16H,4-5,9H2,1-3H3. The molecular weight excluding hydrogens is 220 g/mol. The molecule has 1 N–H and O–H groups in total. The molecular formula is C14H21ClO. The Kier molecular flexibility index (Phi) is 5.30. The number of aryl methyl sites for hydroxylation is 1. The average molecular weight is 241 g/mol. The van der Waals surface area contributed by atoms with Crippen LogP contribution in [0.4, 0.5) is 0 Å². The molecule has 0 heterocycles. The summed E-state index contributed by atoms with van der Waals surface area (Å²) in [5.74, 6) is 0.649. The lowest BCUT2D eigenvalue weighted by atomic mass is 9.99. The minimum atomic E-state index is -0.250. The first-order valence-electron chi connectivity index (χ1n) is 5.91. The average Bonchev–Trinajstić information content (AvgIpc) is 2.12. The molecule has 1 aromatic rings. The summed E-state index contributed by atoms with van der Waals surface area (Å²) in [6.45, 7) is 6.38. The highest BCUT2D eigenvalue weighted by atomic mass is 35.5. The van der Waals surface area contributed by atoms with Crippen molar-refractivity contribution in [3.8, 4) is 0 Å². The molecule has 0 aliphatic rings. The zero-order chi connectivity index (χ0) is 12.1. The van der Waals surface area contributed by atoms with Crippen LogP contribution < -0.4 is 0 Å². The van der Waals surface area contributed by atoms with Crippen LogP contribution in [-0.4, -0.2) is 11.2 Å². The quantitative estimate of drug-likeness (QED) is 0.825. The van der Waals surface area contributed by atoms with Gasteiger partial charge in [-0.05, 0) is 55.4 Å². The van der Waals surface area contributed by atoms with Gasteiger partial charge in [0, 0.05) is 5.02 Å². The highest BCUT2D eigenvalue weighted by molar-refractivity contribution is 6.30. The van der Waals surface area contributed by atoms with E-state index < -0.39 is 0 Å². The van der Waals surface area contributed by atoms with E-state index in [-0.39, 0.29) is 6.10 Å². The van der Waals surface area contributed by atoms with Crippen molar-refractivity contribution in [1.82, 2.24) is 0 Å². The third-order valence-electron chi connectivity index (χ3n) is 2.65. The van der Waals surface area contributed by atoms with E-state index in [4.69, 9.17) is 11.6 Å². The van der Waals surface area contributed by atoms with Gasteiger partial charge in [-0.1, -0.05) is 31.5 Å². The molecule has 0 aliphatic carbocycles. The van der Waals surface area contributed by atoms with Crippen LogP contribution >= 0.6 is 11.6 Å². The maximum atomic E-state index is 9.89. The van der Waals surface area contributed by atoms with E-state index in [0.29, 0.717) is 12.3 Å². The maximum absolute atomic E-state index is 9.89. The number of aliphatic hydroxyl groups excluding tert-OH is 1. The van der Waals surface area contributed by atoms with E-state index in [0.717, 1.165) is 29.0 Å². The second-order valence-corrected chi connectivity index (χ2v) is 5.40. The molecule has 0 bridgehead atoms. The normalized spacial score (nSPS) is 13.1. The van der Waals surface area contributed by atoms with Gasteiger partial charge in [-0.3, -0.25) is 0 Å². The molecule has 1 aromatic carbocycles. The molecule has 1 rings (SSSR count). The smallest absolute Gasteiger partial charge is 0.0580 e. The summed E-state index contributed by atoms with van der Waals surface area (Å²) < 4.78 is 0. The van der Waals surface area contributed by atoms with Crippen LogP contribution in [0.15, 0.2) is 18.2 Å². The van der Waals surface area contributed by atoms with Crippen LogP contribution in [0.25, 0.3) is 0 Å². The van der Waals surface area contributed by atoms with Crippen molar-refractivity contribution in [2.45, 2.75) is 46.1 Å². The second kappa shape index (κ2) is 6.27. The predicted octanol–water partition coefficient (Wildman–Crippen LogP) is 3.99. The molecule has 2 heteroatoms. The van der Waals surface area contributed by atoms with Gasteiger partial charge in [-0.25, -0.2) is 0 Å². The van der Waals surface area contributed by atoms with Crippen LogP contribution in [-0.2, 0) is 6.42 Å². The number of rotatable bonds is 5. The van der Waals surface area contributed by atoms with Crippen molar-refractivity contribution < 1.29 is 5.11 Å². The lowest BCUT2D eigenvalue weighted by Crippen LogP contribution is -2.11. The van der Waals surface area contributed by atoms with Crippen molar-refractivity contribution in [3.05, 3.63) is 34.3 Å². The third-order valence-corrected chi connectivity index (χ3v) is 2.87. The summed E-state index contributed by atoms with van der Waals surface area (Å²) in [5.41, 5.74) is 2.28. The van der Waals surface area contributed by atoms with Gasteiger partial charge in [-0.15, -0.1) is 0 Å². The molecule has 0 aliphatic heterocycles. The van der Waals surface area contributed by atoms with Crippen molar-refractivity contribution in [1.29, 1.82) is 0 Å². The predicted molar refractivity (Wildman–Crippen MR) is 70.0 cm³/mol. The monoisotopic (exact) mass is 240 g/mol. The lowest BCUT2D eigenvalue weighted by molar-refractivity contribution is 0.157. The highest BCUT2D eigenvalue weighted by Crippen LogP contribution is 2.17. The Morgan fingerprint density at radius 1 is 1.19 bits per heavy atom. The molecule has 0 saturated carbocycles. The molecule has 0 fully saturated rings.